The van der Waals surface area contributed by atoms with Crippen LogP contribution in [-0.2, 0) is 12.4 Å². The van der Waals surface area contributed by atoms with Crippen LogP contribution < -0.4 is 0 Å². The normalized spacial score (nSPS) is 15.2. The summed E-state index contributed by atoms with van der Waals surface area (Å²) in [6, 6.07) is 2.27. The molecular weight excluding hydrogens is 483 g/mol. The second kappa shape index (κ2) is 8.93. The van der Waals surface area contributed by atoms with Crippen LogP contribution in [0.25, 0.3) is 5.82 Å². The first-order valence-corrected chi connectivity index (χ1v) is 10.5. The number of hydrogen-bond donors (Lipinski definition) is 0. The topological polar surface area (TPSA) is 63.9 Å². The van der Waals surface area contributed by atoms with Gasteiger partial charge in [0, 0.05) is 18.3 Å². The molecule has 2 heterocycles. The molecule has 0 bridgehead atoms. The molecule has 1 aliphatic carbocycles. The fourth-order valence-electron chi connectivity index (χ4n) is 3.61. The number of aromatic nitrogens is 4. The molecule has 186 valence electrons. The van der Waals surface area contributed by atoms with Crippen LogP contribution >= 0.6 is 0 Å². The molecule has 0 N–H and O–H groups in total. The van der Waals surface area contributed by atoms with Gasteiger partial charge in [-0.25, -0.2) is 14.4 Å². The second-order valence-corrected chi connectivity index (χ2v) is 8.21. The maximum absolute atomic E-state index is 14.3. The van der Waals surface area contributed by atoms with Gasteiger partial charge in [0.15, 0.2) is 17.5 Å². The van der Waals surface area contributed by atoms with Crippen molar-refractivity contribution >= 4 is 5.91 Å². The van der Waals surface area contributed by atoms with Crippen molar-refractivity contribution in [2.75, 3.05) is 6.54 Å². The number of carbonyl (C=O) groups is 1. The highest BCUT2D eigenvalue weighted by atomic mass is 19.4. The molecule has 13 heteroatoms. The quantitative estimate of drug-likeness (QED) is 0.422. The summed E-state index contributed by atoms with van der Waals surface area (Å²) in [6.07, 6.45) is -6.31. The van der Waals surface area contributed by atoms with Crippen molar-refractivity contribution in [3.63, 3.8) is 0 Å². The number of hydrogen-bond acceptors (Lipinski definition) is 4. The Labute approximate surface area is 194 Å². The van der Waals surface area contributed by atoms with Crippen molar-refractivity contribution in [1.82, 2.24) is 24.6 Å². The standard InChI is InChI=1S/C22H18F7N5O/c1-12(18-31-11-32-34(18)19-17(23)3-2-6-30-19)33(10-13-4-5-13)20(35)14-7-15(21(24,25)26)9-16(8-14)22(27,28)29/h2-3,6-9,11-13H,4-5,10H2,1H3. The number of amides is 1. The van der Waals surface area contributed by atoms with Crippen molar-refractivity contribution in [3.8, 4) is 5.82 Å². The summed E-state index contributed by atoms with van der Waals surface area (Å²) in [5.74, 6) is -1.93. The number of alkyl halides is 6. The van der Waals surface area contributed by atoms with E-state index in [0.717, 1.165) is 34.8 Å². The van der Waals surface area contributed by atoms with Gasteiger partial charge < -0.3 is 4.90 Å². The van der Waals surface area contributed by atoms with Gasteiger partial charge in [-0.05, 0) is 56.0 Å². The van der Waals surface area contributed by atoms with E-state index in [9.17, 15) is 35.5 Å². The average molecular weight is 501 g/mol. The van der Waals surface area contributed by atoms with Crippen LogP contribution in [0.4, 0.5) is 30.7 Å². The van der Waals surface area contributed by atoms with E-state index in [2.05, 4.69) is 15.1 Å². The van der Waals surface area contributed by atoms with E-state index in [4.69, 9.17) is 0 Å². The monoisotopic (exact) mass is 501 g/mol. The number of carbonyl (C=O) groups excluding carboxylic acids is 1. The van der Waals surface area contributed by atoms with Crippen LogP contribution in [0, 0.1) is 11.7 Å². The van der Waals surface area contributed by atoms with Gasteiger partial charge in [0.05, 0.1) is 17.2 Å². The average Bonchev–Trinajstić information content (AvgIpc) is 3.48. The molecule has 35 heavy (non-hydrogen) atoms. The maximum atomic E-state index is 14.3. The van der Waals surface area contributed by atoms with Gasteiger partial charge in [-0.1, -0.05) is 0 Å². The van der Waals surface area contributed by atoms with E-state index < -0.39 is 46.8 Å². The number of benzene rings is 1. The van der Waals surface area contributed by atoms with Crippen molar-refractivity contribution in [2.45, 2.75) is 38.2 Å². The summed E-state index contributed by atoms with van der Waals surface area (Å²) in [7, 11) is 0. The van der Waals surface area contributed by atoms with E-state index >= 15 is 0 Å². The summed E-state index contributed by atoms with van der Waals surface area (Å²) < 4.78 is 95.3. The highest BCUT2D eigenvalue weighted by Crippen LogP contribution is 2.38. The van der Waals surface area contributed by atoms with Crippen LogP contribution in [0.2, 0.25) is 0 Å². The minimum Gasteiger partial charge on any atom is -0.328 e. The molecule has 1 fully saturated rings. The van der Waals surface area contributed by atoms with Gasteiger partial charge in [0.2, 0.25) is 0 Å². The molecule has 0 radical (unpaired) electrons. The summed E-state index contributed by atoms with van der Waals surface area (Å²) in [4.78, 5) is 22.5. The number of halogens is 7. The first kappa shape index (κ1) is 24.6. The zero-order valence-corrected chi connectivity index (χ0v) is 18.1. The summed E-state index contributed by atoms with van der Waals surface area (Å²) in [5, 5.41) is 3.94. The molecule has 3 aromatic rings. The minimum atomic E-state index is -5.10. The molecule has 0 spiro atoms. The first-order chi connectivity index (χ1) is 16.4. The molecule has 1 unspecified atom stereocenters. The molecule has 0 aliphatic heterocycles. The largest absolute Gasteiger partial charge is 0.416 e. The third-order valence-electron chi connectivity index (χ3n) is 5.60. The Morgan fingerprint density at radius 1 is 1.09 bits per heavy atom. The molecular formula is C22H18F7N5O. The fraction of sp³-hybridized carbons (Fsp3) is 0.364. The van der Waals surface area contributed by atoms with Gasteiger partial charge in [0.25, 0.3) is 5.91 Å². The lowest BCUT2D eigenvalue weighted by Crippen LogP contribution is -2.37. The molecule has 4 rings (SSSR count). The van der Waals surface area contributed by atoms with Crippen LogP contribution in [0.1, 0.15) is 53.1 Å². The number of pyridine rings is 1. The van der Waals surface area contributed by atoms with Crippen LogP contribution in [0.15, 0.2) is 42.9 Å². The Hall–Kier alpha value is -3.51. The van der Waals surface area contributed by atoms with Crippen LogP contribution in [0.5, 0.6) is 0 Å². The Kier molecular flexibility index (Phi) is 6.28. The van der Waals surface area contributed by atoms with E-state index in [1.807, 2.05) is 0 Å². The summed E-state index contributed by atoms with van der Waals surface area (Å²) in [6.45, 7) is 1.55. The highest BCUT2D eigenvalue weighted by molar-refractivity contribution is 5.95. The van der Waals surface area contributed by atoms with Gasteiger partial charge in [-0.2, -0.15) is 36.1 Å². The third kappa shape index (κ3) is 5.28. The smallest absolute Gasteiger partial charge is 0.328 e. The van der Waals surface area contributed by atoms with Crippen molar-refractivity contribution in [3.05, 3.63) is 71.2 Å². The molecule has 6 nitrogen and oxygen atoms in total. The third-order valence-corrected chi connectivity index (χ3v) is 5.60. The fourth-order valence-corrected chi connectivity index (χ4v) is 3.61. The van der Waals surface area contributed by atoms with Gasteiger partial charge in [-0.3, -0.25) is 4.79 Å². The summed E-state index contributed by atoms with van der Waals surface area (Å²) in [5.41, 5.74) is -3.95. The van der Waals surface area contributed by atoms with Crippen LogP contribution in [0.3, 0.4) is 0 Å². The minimum absolute atomic E-state index is 0.0252. The molecule has 1 atom stereocenters. The lowest BCUT2D eigenvalue weighted by atomic mass is 10.0. The van der Waals surface area contributed by atoms with Gasteiger partial charge >= 0.3 is 12.4 Å². The maximum Gasteiger partial charge on any atom is 0.416 e. The zero-order chi connectivity index (χ0) is 25.5. The van der Waals surface area contributed by atoms with Crippen molar-refractivity contribution < 1.29 is 35.5 Å². The van der Waals surface area contributed by atoms with Crippen LogP contribution in [-0.4, -0.2) is 37.1 Å². The Morgan fingerprint density at radius 3 is 2.26 bits per heavy atom. The SMILES string of the molecule is CC(c1ncnn1-c1ncccc1F)N(CC1CC1)C(=O)c1cc(C(F)(F)F)cc(C(F)(F)F)c1. The van der Waals surface area contributed by atoms with Crippen molar-refractivity contribution in [2.24, 2.45) is 5.92 Å². The van der Waals surface area contributed by atoms with Gasteiger partial charge in [0.1, 0.15) is 6.33 Å². The molecule has 1 saturated carbocycles. The van der Waals surface area contributed by atoms with E-state index in [1.165, 1.54) is 19.2 Å². The Morgan fingerprint density at radius 2 is 1.71 bits per heavy atom. The first-order valence-electron chi connectivity index (χ1n) is 10.5. The predicted molar refractivity (Wildman–Crippen MR) is 108 cm³/mol. The van der Waals surface area contributed by atoms with E-state index in [1.54, 1.807) is 0 Å². The number of nitrogens with zero attached hydrogens (tertiary/aromatic N) is 5. The van der Waals surface area contributed by atoms with E-state index in [0.29, 0.717) is 12.1 Å². The molecule has 1 aromatic carbocycles. The molecule has 1 aliphatic rings. The number of rotatable bonds is 6. The lowest BCUT2D eigenvalue weighted by molar-refractivity contribution is -0.143. The molecule has 1 amide bonds. The van der Waals surface area contributed by atoms with E-state index in [-0.39, 0.29) is 30.2 Å². The second-order valence-electron chi connectivity index (χ2n) is 8.21. The molecule has 2 aromatic heterocycles. The summed E-state index contributed by atoms with van der Waals surface area (Å²) >= 11 is 0. The lowest BCUT2D eigenvalue weighted by Gasteiger charge is -2.29. The zero-order valence-electron chi connectivity index (χ0n) is 18.1. The molecule has 0 saturated heterocycles. The Balaban J connectivity index is 1.76. The Bertz CT molecular complexity index is 1200. The van der Waals surface area contributed by atoms with Gasteiger partial charge in [-0.15, -0.1) is 0 Å². The predicted octanol–water partition coefficient (Wildman–Crippen LogP) is 5.45. The highest BCUT2D eigenvalue weighted by Gasteiger charge is 2.39. The van der Waals surface area contributed by atoms with Crippen molar-refractivity contribution in [1.29, 1.82) is 0 Å².